The minimum absolute atomic E-state index is 0.152. The number of aliphatic hydroxyl groups excluding tert-OH is 1. The normalized spacial score (nSPS) is 18.4. The summed E-state index contributed by atoms with van der Waals surface area (Å²) in [7, 11) is 0. The summed E-state index contributed by atoms with van der Waals surface area (Å²) in [5, 5.41) is 14.3. The molecule has 0 aromatic heterocycles. The topological polar surface area (TPSA) is 52.6 Å². The lowest BCUT2D eigenvalue weighted by Gasteiger charge is -2.29. The average molecular weight is 475 g/mol. The Morgan fingerprint density at radius 1 is 0.971 bits per heavy atom. The molecule has 2 atom stereocenters. The maximum absolute atomic E-state index is 12.8. The number of carbonyl (C=O) groups excluding carboxylic acids is 1. The van der Waals surface area contributed by atoms with Crippen molar-refractivity contribution in [3.05, 3.63) is 70.3 Å². The number of rotatable bonds is 8. The van der Waals surface area contributed by atoms with E-state index in [2.05, 4.69) is 22.3 Å². The fourth-order valence-corrected chi connectivity index (χ4v) is 5.03. The first kappa shape index (κ1) is 24.7. The smallest absolute Gasteiger partial charge is 0.386 e. The van der Waals surface area contributed by atoms with Crippen molar-refractivity contribution in [3.8, 4) is 0 Å². The number of carbonyl (C=O) groups is 1. The molecule has 4 nitrogen and oxygen atoms in total. The number of alkyl halides is 3. The van der Waals surface area contributed by atoms with Gasteiger partial charge in [0.25, 0.3) is 0 Å². The molecule has 0 unspecified atom stereocenters. The molecular formula is C27H33F3N2O2. The van der Waals surface area contributed by atoms with E-state index in [1.807, 2.05) is 6.07 Å². The molecule has 1 amide bonds. The number of hydrogen-bond donors (Lipinski definition) is 2. The van der Waals surface area contributed by atoms with Gasteiger partial charge in [-0.2, -0.15) is 13.2 Å². The first-order valence-corrected chi connectivity index (χ1v) is 12.3. The molecule has 2 N–H and O–H groups in total. The molecule has 2 aromatic rings. The molecule has 1 aliphatic heterocycles. The maximum Gasteiger partial charge on any atom is 0.416 e. The Bertz CT molecular complexity index is 969. The Balaban J connectivity index is 1.40. The van der Waals surface area contributed by atoms with E-state index in [-0.39, 0.29) is 12.3 Å². The number of aryl methyl sites for hydroxylation is 3. The quantitative estimate of drug-likeness (QED) is 0.576. The third kappa shape index (κ3) is 6.39. The van der Waals surface area contributed by atoms with E-state index in [0.29, 0.717) is 18.5 Å². The lowest BCUT2D eigenvalue weighted by Crippen LogP contribution is -2.46. The highest BCUT2D eigenvalue weighted by molar-refractivity contribution is 5.76. The largest absolute Gasteiger partial charge is 0.416 e. The average Bonchev–Trinajstić information content (AvgIpc) is 3.34. The number of halogens is 3. The number of nitrogens with zero attached hydrogens (tertiary/aromatic N) is 1. The number of amides is 1. The van der Waals surface area contributed by atoms with Gasteiger partial charge in [0, 0.05) is 13.0 Å². The van der Waals surface area contributed by atoms with Crippen LogP contribution in [0.2, 0.25) is 0 Å². The number of fused-ring (bicyclic) bond motifs is 1. The summed E-state index contributed by atoms with van der Waals surface area (Å²) < 4.78 is 38.3. The van der Waals surface area contributed by atoms with Crippen LogP contribution in [-0.4, -0.2) is 41.6 Å². The summed E-state index contributed by atoms with van der Waals surface area (Å²) in [5.74, 6) is -0.207. The van der Waals surface area contributed by atoms with E-state index >= 15 is 0 Å². The Hall–Kier alpha value is -2.38. The van der Waals surface area contributed by atoms with Crippen LogP contribution in [0.25, 0.3) is 0 Å². The van der Waals surface area contributed by atoms with Crippen molar-refractivity contribution in [1.82, 2.24) is 10.2 Å². The third-order valence-electron chi connectivity index (χ3n) is 7.02. The Morgan fingerprint density at radius 3 is 2.32 bits per heavy atom. The predicted octanol–water partition coefficient (Wildman–Crippen LogP) is 4.83. The van der Waals surface area contributed by atoms with Crippen molar-refractivity contribution in [3.63, 3.8) is 0 Å². The van der Waals surface area contributed by atoms with E-state index in [1.54, 1.807) is 0 Å². The van der Waals surface area contributed by atoms with E-state index < -0.39 is 23.9 Å². The standard InChI is InChI=1S/C27H33F3N2O2/c28-27(29,30)23-12-7-19(8-13-23)9-14-25(33)31-24(18-32-15-3-4-16-32)26(34)22-11-10-20-5-1-2-6-21(20)17-22/h7-8,10-13,17,24,26,34H,1-6,9,14-16,18H2,(H,31,33)/t24-,26-/m1/s1. The number of hydrogen-bond acceptors (Lipinski definition) is 3. The van der Waals surface area contributed by atoms with Gasteiger partial charge in [-0.3, -0.25) is 4.79 Å². The van der Waals surface area contributed by atoms with Crippen molar-refractivity contribution in [2.45, 2.75) is 69.7 Å². The number of aliphatic hydroxyl groups is 1. The van der Waals surface area contributed by atoms with Gasteiger partial charge < -0.3 is 15.3 Å². The zero-order chi connectivity index (χ0) is 24.1. The number of benzene rings is 2. The second-order valence-electron chi connectivity index (χ2n) is 9.56. The van der Waals surface area contributed by atoms with Crippen LogP contribution in [0.5, 0.6) is 0 Å². The molecule has 2 aromatic carbocycles. The predicted molar refractivity (Wildman–Crippen MR) is 125 cm³/mol. The van der Waals surface area contributed by atoms with Crippen molar-refractivity contribution in [2.75, 3.05) is 19.6 Å². The lowest BCUT2D eigenvalue weighted by molar-refractivity contribution is -0.137. The molecule has 1 heterocycles. The van der Waals surface area contributed by atoms with Gasteiger partial charge in [-0.15, -0.1) is 0 Å². The highest BCUT2D eigenvalue weighted by atomic mass is 19.4. The van der Waals surface area contributed by atoms with E-state index in [9.17, 15) is 23.1 Å². The Kier molecular flexibility index (Phi) is 7.94. The van der Waals surface area contributed by atoms with Gasteiger partial charge in [-0.25, -0.2) is 0 Å². The van der Waals surface area contributed by atoms with Gasteiger partial charge >= 0.3 is 6.18 Å². The molecule has 1 aliphatic carbocycles. The van der Waals surface area contributed by atoms with Crippen LogP contribution in [0.1, 0.15) is 66.0 Å². The summed E-state index contributed by atoms with van der Waals surface area (Å²) in [6, 6.07) is 10.6. The minimum Gasteiger partial charge on any atom is -0.386 e. The lowest BCUT2D eigenvalue weighted by atomic mass is 9.88. The van der Waals surface area contributed by atoms with Crippen molar-refractivity contribution in [2.24, 2.45) is 0 Å². The first-order valence-electron chi connectivity index (χ1n) is 12.3. The molecule has 0 spiro atoms. The monoisotopic (exact) mass is 474 g/mol. The molecule has 0 radical (unpaired) electrons. The van der Waals surface area contributed by atoms with E-state index in [4.69, 9.17) is 0 Å². The SMILES string of the molecule is O=C(CCc1ccc(C(F)(F)F)cc1)N[C@H](CN1CCCC1)[C@H](O)c1ccc2c(c1)CCCC2. The number of likely N-dealkylation sites (tertiary alicyclic amines) is 1. The molecule has 4 rings (SSSR count). The highest BCUT2D eigenvalue weighted by Gasteiger charge is 2.30. The molecule has 0 saturated carbocycles. The van der Waals surface area contributed by atoms with Crippen molar-refractivity contribution < 1.29 is 23.1 Å². The van der Waals surface area contributed by atoms with Crippen molar-refractivity contribution >= 4 is 5.91 Å². The van der Waals surface area contributed by atoms with Crippen LogP contribution in [-0.2, 0) is 30.2 Å². The molecule has 2 aliphatic rings. The summed E-state index contributed by atoms with van der Waals surface area (Å²) in [6.45, 7) is 2.48. The zero-order valence-corrected chi connectivity index (χ0v) is 19.4. The van der Waals surface area contributed by atoms with E-state index in [1.165, 1.54) is 29.7 Å². The molecule has 1 fully saturated rings. The van der Waals surface area contributed by atoms with Crippen molar-refractivity contribution in [1.29, 1.82) is 0 Å². The van der Waals surface area contributed by atoms with Gasteiger partial charge in [-0.05, 0) is 92.4 Å². The van der Waals surface area contributed by atoms with Gasteiger partial charge in [0.05, 0.1) is 11.6 Å². The van der Waals surface area contributed by atoms with Gasteiger partial charge in [-0.1, -0.05) is 30.3 Å². The van der Waals surface area contributed by atoms with Crippen LogP contribution in [0.15, 0.2) is 42.5 Å². The van der Waals surface area contributed by atoms with Gasteiger partial charge in [0.2, 0.25) is 5.91 Å². The third-order valence-corrected chi connectivity index (χ3v) is 7.02. The molecule has 34 heavy (non-hydrogen) atoms. The Labute approximate surface area is 199 Å². The van der Waals surface area contributed by atoms with Crippen LogP contribution in [0, 0.1) is 0 Å². The molecule has 0 bridgehead atoms. The fourth-order valence-electron chi connectivity index (χ4n) is 5.03. The zero-order valence-electron chi connectivity index (χ0n) is 19.4. The fraction of sp³-hybridized carbons (Fsp3) is 0.519. The second-order valence-corrected chi connectivity index (χ2v) is 9.56. The second kappa shape index (κ2) is 10.9. The van der Waals surface area contributed by atoms with Gasteiger partial charge in [0.15, 0.2) is 0 Å². The minimum atomic E-state index is -4.37. The van der Waals surface area contributed by atoms with Crippen LogP contribution < -0.4 is 5.32 Å². The molecule has 7 heteroatoms. The molecular weight excluding hydrogens is 441 g/mol. The van der Waals surface area contributed by atoms with Crippen LogP contribution in [0.3, 0.4) is 0 Å². The molecule has 1 saturated heterocycles. The van der Waals surface area contributed by atoms with Gasteiger partial charge in [0.1, 0.15) is 6.10 Å². The van der Waals surface area contributed by atoms with Crippen LogP contribution in [0.4, 0.5) is 13.2 Å². The summed E-state index contributed by atoms with van der Waals surface area (Å²) >= 11 is 0. The Morgan fingerprint density at radius 2 is 1.65 bits per heavy atom. The summed E-state index contributed by atoms with van der Waals surface area (Å²) in [6.07, 6.45) is 1.98. The highest BCUT2D eigenvalue weighted by Crippen LogP contribution is 2.29. The molecule has 184 valence electrons. The maximum atomic E-state index is 12.8. The first-order chi connectivity index (χ1) is 16.3. The number of nitrogens with one attached hydrogen (secondary N) is 1. The summed E-state index contributed by atoms with van der Waals surface area (Å²) in [5.41, 5.74) is 3.44. The van der Waals surface area contributed by atoms with Crippen LogP contribution >= 0.6 is 0 Å². The summed E-state index contributed by atoms with van der Waals surface area (Å²) in [4.78, 5) is 15.0. The van der Waals surface area contributed by atoms with E-state index in [0.717, 1.165) is 62.9 Å².